The predicted molar refractivity (Wildman–Crippen MR) is 36.7 cm³/mol. The lowest BCUT2D eigenvalue weighted by molar-refractivity contribution is -0.140. The van der Waals surface area contributed by atoms with Gasteiger partial charge in [-0.3, -0.25) is 14.5 Å². The lowest BCUT2D eigenvalue weighted by Crippen LogP contribution is -2.34. The van der Waals surface area contributed by atoms with Crippen molar-refractivity contribution in [3.05, 3.63) is 0 Å². The molecule has 0 aliphatic carbocycles. The maximum atomic E-state index is 10.8. The monoisotopic (exact) mass is 151 g/mol. The number of hydrogen-bond donors (Lipinski definition) is 0. The van der Waals surface area contributed by atoms with Gasteiger partial charge in [-0.05, 0) is 0 Å². The minimum Gasteiger partial charge on any atom is -0.311 e. The third-order valence-corrected chi connectivity index (χ3v) is 1.47. The third kappa shape index (κ3) is 1.66. The Kier molecular flexibility index (Phi) is 2.07. The van der Waals surface area contributed by atoms with Crippen molar-refractivity contribution in [1.82, 2.24) is 4.90 Å². The standard InChI is InChI=1S/C6H6BNO3/c7-4(9)3-8-5(10)1-2-6(8)11/h1-3H2. The van der Waals surface area contributed by atoms with E-state index >= 15 is 0 Å². The molecule has 1 aliphatic heterocycles. The smallest absolute Gasteiger partial charge is 0.230 e. The molecule has 2 radical (unpaired) electrons. The van der Waals surface area contributed by atoms with Gasteiger partial charge in [0.25, 0.3) is 0 Å². The van der Waals surface area contributed by atoms with Gasteiger partial charge >= 0.3 is 0 Å². The van der Waals surface area contributed by atoms with Crippen LogP contribution >= 0.6 is 0 Å². The van der Waals surface area contributed by atoms with Crippen LogP contribution in [0.1, 0.15) is 12.8 Å². The molecule has 2 amide bonds. The quantitative estimate of drug-likeness (QED) is 0.369. The number of carbonyl (C=O) groups excluding carboxylic acids is 3. The second-order valence-electron chi connectivity index (χ2n) is 2.34. The van der Waals surface area contributed by atoms with Crippen LogP contribution in [0.2, 0.25) is 0 Å². The molecule has 0 aromatic carbocycles. The SMILES string of the molecule is [B]C(=O)CN1C(=O)CCC1=O. The van der Waals surface area contributed by atoms with Crippen LogP contribution in [0.25, 0.3) is 0 Å². The first-order chi connectivity index (χ1) is 5.11. The van der Waals surface area contributed by atoms with Crippen molar-refractivity contribution in [3.63, 3.8) is 0 Å². The Morgan fingerprint density at radius 3 is 2.18 bits per heavy atom. The molecule has 4 nitrogen and oxygen atoms in total. The number of likely N-dealkylation sites (tertiary alicyclic amines) is 1. The van der Waals surface area contributed by atoms with Gasteiger partial charge in [0.15, 0.2) is 7.85 Å². The molecule has 1 aliphatic rings. The van der Waals surface area contributed by atoms with Gasteiger partial charge in [0.2, 0.25) is 11.8 Å². The van der Waals surface area contributed by atoms with E-state index in [1.165, 1.54) is 0 Å². The molecule has 1 rings (SSSR count). The Balaban J connectivity index is 2.62. The Morgan fingerprint density at radius 1 is 1.36 bits per heavy atom. The number of carbonyl (C=O) groups is 3. The summed E-state index contributed by atoms with van der Waals surface area (Å²) in [5, 5.41) is 0. The van der Waals surface area contributed by atoms with Gasteiger partial charge in [0, 0.05) is 12.8 Å². The molecule has 56 valence electrons. The van der Waals surface area contributed by atoms with Crippen molar-refractivity contribution >= 4 is 25.3 Å². The van der Waals surface area contributed by atoms with Crippen molar-refractivity contribution in [2.24, 2.45) is 0 Å². The van der Waals surface area contributed by atoms with Crippen LogP contribution in [0, 0.1) is 0 Å². The fraction of sp³-hybridized carbons (Fsp3) is 0.500. The first kappa shape index (κ1) is 7.98. The van der Waals surface area contributed by atoms with Gasteiger partial charge in [-0.25, -0.2) is 0 Å². The third-order valence-electron chi connectivity index (χ3n) is 1.47. The Labute approximate surface area is 65.0 Å². The maximum absolute atomic E-state index is 10.8. The van der Waals surface area contributed by atoms with E-state index in [0.29, 0.717) is 0 Å². The number of amides is 2. The Hall–Kier alpha value is -1.13. The highest BCUT2D eigenvalue weighted by Gasteiger charge is 2.28. The molecule has 1 saturated heterocycles. The summed E-state index contributed by atoms with van der Waals surface area (Å²) in [5.41, 5.74) is -0.659. The van der Waals surface area contributed by atoms with Crippen LogP contribution in [-0.2, 0) is 14.4 Å². The lowest BCUT2D eigenvalue weighted by atomic mass is 10.0. The van der Waals surface area contributed by atoms with Crippen LogP contribution in [-0.4, -0.2) is 36.8 Å². The Morgan fingerprint density at radius 2 is 1.82 bits per heavy atom. The average Bonchev–Trinajstić information content (AvgIpc) is 2.18. The van der Waals surface area contributed by atoms with Gasteiger partial charge in [0.05, 0.1) is 12.2 Å². The van der Waals surface area contributed by atoms with Gasteiger partial charge in [-0.1, -0.05) is 0 Å². The van der Waals surface area contributed by atoms with Gasteiger partial charge < -0.3 is 4.79 Å². The molecule has 0 aromatic rings. The zero-order chi connectivity index (χ0) is 8.43. The molecular weight excluding hydrogens is 145 g/mol. The van der Waals surface area contributed by atoms with E-state index in [2.05, 4.69) is 0 Å². The van der Waals surface area contributed by atoms with E-state index in [0.717, 1.165) is 4.90 Å². The highest BCUT2D eigenvalue weighted by atomic mass is 16.2. The van der Waals surface area contributed by atoms with Crippen molar-refractivity contribution in [1.29, 1.82) is 0 Å². The van der Waals surface area contributed by atoms with Crippen LogP contribution < -0.4 is 0 Å². The van der Waals surface area contributed by atoms with E-state index < -0.39 is 5.68 Å². The summed E-state index contributed by atoms with van der Waals surface area (Å²) in [5.74, 6) is -0.623. The second-order valence-corrected chi connectivity index (χ2v) is 2.34. The van der Waals surface area contributed by atoms with E-state index in [1.54, 1.807) is 0 Å². The largest absolute Gasteiger partial charge is 0.311 e. The molecule has 1 heterocycles. The number of nitrogens with zero attached hydrogens (tertiary/aromatic N) is 1. The van der Waals surface area contributed by atoms with Crippen LogP contribution in [0.4, 0.5) is 0 Å². The van der Waals surface area contributed by atoms with Gasteiger partial charge in [0.1, 0.15) is 0 Å². The molecule has 0 unspecified atom stereocenters. The zero-order valence-electron chi connectivity index (χ0n) is 5.87. The molecule has 0 spiro atoms. The molecular formula is C6H6BNO3. The summed E-state index contributed by atoms with van der Waals surface area (Å²) >= 11 is 0. The molecule has 0 saturated carbocycles. The fourth-order valence-electron chi connectivity index (χ4n) is 0.955. The number of rotatable bonds is 2. The summed E-state index contributed by atoms with van der Waals surface area (Å²) in [6, 6.07) is 0. The molecule has 0 N–H and O–H groups in total. The van der Waals surface area contributed by atoms with Crippen molar-refractivity contribution in [2.75, 3.05) is 6.54 Å². The number of imide groups is 1. The van der Waals surface area contributed by atoms with E-state index in [1.807, 2.05) is 0 Å². The van der Waals surface area contributed by atoms with E-state index in [-0.39, 0.29) is 31.2 Å². The predicted octanol–water partition coefficient (Wildman–Crippen LogP) is -1.17. The van der Waals surface area contributed by atoms with Crippen molar-refractivity contribution in [3.8, 4) is 0 Å². The van der Waals surface area contributed by atoms with Gasteiger partial charge in [-0.2, -0.15) is 0 Å². The van der Waals surface area contributed by atoms with Gasteiger partial charge in [-0.15, -0.1) is 0 Å². The lowest BCUT2D eigenvalue weighted by Gasteiger charge is -2.10. The highest BCUT2D eigenvalue weighted by Crippen LogP contribution is 2.10. The fourth-order valence-corrected chi connectivity index (χ4v) is 0.955. The van der Waals surface area contributed by atoms with Crippen LogP contribution in [0.3, 0.4) is 0 Å². The Bertz CT molecular complexity index is 210. The minimum absolute atomic E-state index is 0.201. The summed E-state index contributed by atoms with van der Waals surface area (Å²) in [7, 11) is 4.81. The first-order valence-electron chi connectivity index (χ1n) is 3.23. The zero-order valence-corrected chi connectivity index (χ0v) is 5.87. The van der Waals surface area contributed by atoms with Crippen LogP contribution in [0.15, 0.2) is 0 Å². The van der Waals surface area contributed by atoms with Crippen molar-refractivity contribution < 1.29 is 14.4 Å². The van der Waals surface area contributed by atoms with Crippen LogP contribution in [0.5, 0.6) is 0 Å². The molecule has 0 aromatic heterocycles. The molecule has 5 heteroatoms. The summed E-state index contributed by atoms with van der Waals surface area (Å²) < 4.78 is 0. The minimum atomic E-state index is -0.659. The number of hydrogen-bond acceptors (Lipinski definition) is 3. The highest BCUT2D eigenvalue weighted by molar-refractivity contribution is 6.58. The van der Waals surface area contributed by atoms with E-state index in [9.17, 15) is 14.4 Å². The summed E-state index contributed by atoms with van der Waals surface area (Å²) in [4.78, 5) is 32.8. The second kappa shape index (κ2) is 2.86. The molecule has 0 atom stereocenters. The molecule has 0 bridgehead atoms. The first-order valence-corrected chi connectivity index (χ1v) is 3.23. The van der Waals surface area contributed by atoms with Crippen molar-refractivity contribution in [2.45, 2.75) is 12.8 Å². The molecule has 1 fully saturated rings. The molecule has 11 heavy (non-hydrogen) atoms. The van der Waals surface area contributed by atoms with E-state index in [4.69, 9.17) is 7.85 Å². The maximum Gasteiger partial charge on any atom is 0.230 e. The summed E-state index contributed by atoms with van der Waals surface area (Å²) in [6.45, 7) is -0.280. The topological polar surface area (TPSA) is 54.5 Å². The summed E-state index contributed by atoms with van der Waals surface area (Å²) in [6.07, 6.45) is 0.401. The average molecular weight is 151 g/mol. The normalized spacial score (nSPS) is 17.6.